The van der Waals surface area contributed by atoms with Crippen LogP contribution in [-0.2, 0) is 20.7 Å². The maximum atomic E-state index is 13.3. The lowest BCUT2D eigenvalue weighted by molar-refractivity contribution is -0.118. The van der Waals surface area contributed by atoms with Gasteiger partial charge in [0.2, 0.25) is 5.91 Å². The molecule has 5 rings (SSSR count). The number of hydrogen-bond donors (Lipinski definition) is 2. The van der Waals surface area contributed by atoms with Crippen LogP contribution >= 0.6 is 0 Å². The Labute approximate surface area is 241 Å². The van der Waals surface area contributed by atoms with Crippen molar-refractivity contribution < 1.29 is 19.1 Å². The molecule has 212 valence electrons. The molecule has 0 spiro atoms. The van der Waals surface area contributed by atoms with Gasteiger partial charge in [-0.2, -0.15) is 0 Å². The van der Waals surface area contributed by atoms with Crippen molar-refractivity contribution in [1.82, 2.24) is 4.90 Å². The molecule has 0 saturated heterocycles. The summed E-state index contributed by atoms with van der Waals surface area (Å²) in [5.74, 6) is -0.567. The fourth-order valence-electron chi connectivity index (χ4n) is 5.57. The second kappa shape index (κ2) is 12.4. The zero-order chi connectivity index (χ0) is 28.9. The maximum Gasteiger partial charge on any atom is 0.337 e. The molecule has 0 atom stereocenters. The molecular weight excluding hydrogens is 516 g/mol. The molecule has 3 aromatic carbocycles. The van der Waals surface area contributed by atoms with Crippen LogP contribution in [0.3, 0.4) is 0 Å². The van der Waals surface area contributed by atoms with Gasteiger partial charge < -0.3 is 25.2 Å². The Morgan fingerprint density at radius 3 is 2.54 bits per heavy atom. The van der Waals surface area contributed by atoms with Crippen LogP contribution in [0.2, 0.25) is 0 Å². The van der Waals surface area contributed by atoms with E-state index in [0.717, 1.165) is 55.0 Å². The number of fused-ring (bicyclic) bond motifs is 2. The number of benzene rings is 3. The number of carbonyl (C=O) groups is 3. The smallest absolute Gasteiger partial charge is 0.337 e. The maximum absolute atomic E-state index is 13.3. The lowest BCUT2D eigenvalue weighted by Crippen LogP contribution is -2.33. The van der Waals surface area contributed by atoms with E-state index in [1.54, 1.807) is 18.2 Å². The molecule has 0 aromatic heterocycles. The molecule has 0 unspecified atom stereocenters. The summed E-state index contributed by atoms with van der Waals surface area (Å²) in [6, 6.07) is 20.8. The van der Waals surface area contributed by atoms with Gasteiger partial charge in [-0.1, -0.05) is 50.2 Å². The van der Waals surface area contributed by atoms with Crippen molar-refractivity contribution in [2.24, 2.45) is 0 Å². The highest BCUT2D eigenvalue weighted by molar-refractivity contribution is 6.37. The zero-order valence-corrected chi connectivity index (χ0v) is 23.8. The largest absolute Gasteiger partial charge is 0.465 e. The third kappa shape index (κ3) is 5.88. The molecule has 0 aliphatic carbocycles. The Morgan fingerprint density at radius 1 is 1.00 bits per heavy atom. The van der Waals surface area contributed by atoms with Gasteiger partial charge in [-0.15, -0.1) is 0 Å². The van der Waals surface area contributed by atoms with Crippen molar-refractivity contribution in [3.8, 4) is 0 Å². The number of nitrogens with one attached hydrogen (secondary N) is 2. The van der Waals surface area contributed by atoms with Crippen LogP contribution in [-0.4, -0.2) is 56.0 Å². The highest BCUT2D eigenvalue weighted by atomic mass is 16.5. The van der Waals surface area contributed by atoms with E-state index < -0.39 is 5.97 Å². The minimum absolute atomic E-state index is 0.150. The molecule has 41 heavy (non-hydrogen) atoms. The number of nitrogens with zero attached hydrogens (tertiary/aromatic N) is 2. The molecule has 8 heteroatoms. The monoisotopic (exact) mass is 552 g/mol. The third-order valence-corrected chi connectivity index (χ3v) is 7.67. The van der Waals surface area contributed by atoms with Crippen LogP contribution in [0.4, 0.5) is 17.1 Å². The van der Waals surface area contributed by atoms with Crippen molar-refractivity contribution >= 4 is 46.1 Å². The molecular formula is C33H36N4O4. The van der Waals surface area contributed by atoms with E-state index in [-0.39, 0.29) is 11.8 Å². The van der Waals surface area contributed by atoms with Gasteiger partial charge in [0.1, 0.15) is 0 Å². The van der Waals surface area contributed by atoms with E-state index in [0.29, 0.717) is 41.1 Å². The van der Waals surface area contributed by atoms with E-state index in [4.69, 9.17) is 4.74 Å². The Balaban J connectivity index is 1.43. The molecule has 0 bridgehead atoms. The lowest BCUT2D eigenvalue weighted by Gasteiger charge is -2.22. The number of ether oxygens (including phenoxy) is 1. The number of methoxy groups -OCH3 is 1. The summed E-state index contributed by atoms with van der Waals surface area (Å²) < 4.78 is 4.84. The zero-order valence-electron chi connectivity index (χ0n) is 23.8. The highest BCUT2D eigenvalue weighted by Gasteiger charge is 2.30. The summed E-state index contributed by atoms with van der Waals surface area (Å²) in [6.07, 6.45) is 2.36. The molecule has 0 saturated carbocycles. The van der Waals surface area contributed by atoms with E-state index in [1.807, 2.05) is 47.4 Å². The topological polar surface area (TPSA) is 91.0 Å². The number of esters is 1. The number of amides is 2. The second-order valence-electron chi connectivity index (χ2n) is 10.3. The Bertz CT molecular complexity index is 1500. The average Bonchev–Trinajstić information content (AvgIpc) is 3.57. The lowest BCUT2D eigenvalue weighted by atomic mass is 9.99. The number of carbonyl (C=O) groups excluding carboxylic acids is 3. The molecule has 2 aliphatic rings. The minimum atomic E-state index is -0.463. The van der Waals surface area contributed by atoms with Crippen LogP contribution in [0.5, 0.6) is 0 Å². The van der Waals surface area contributed by atoms with Gasteiger partial charge in [-0.05, 0) is 67.4 Å². The van der Waals surface area contributed by atoms with E-state index in [9.17, 15) is 14.4 Å². The molecule has 2 amide bonds. The second-order valence-corrected chi connectivity index (χ2v) is 10.3. The summed E-state index contributed by atoms with van der Waals surface area (Å²) in [7, 11) is 1.33. The molecule has 0 fully saturated rings. The van der Waals surface area contributed by atoms with Crippen molar-refractivity contribution in [3.05, 3.63) is 89.0 Å². The molecule has 0 radical (unpaired) electrons. The van der Waals surface area contributed by atoms with E-state index in [2.05, 4.69) is 35.4 Å². The fourth-order valence-corrected chi connectivity index (χ4v) is 5.57. The Kier molecular flexibility index (Phi) is 8.50. The van der Waals surface area contributed by atoms with Crippen LogP contribution in [0.25, 0.3) is 11.3 Å². The first kappa shape index (κ1) is 28.1. The summed E-state index contributed by atoms with van der Waals surface area (Å²) in [5.41, 5.74) is 6.52. The van der Waals surface area contributed by atoms with Gasteiger partial charge in [0.05, 0.1) is 29.6 Å². The predicted octanol–water partition coefficient (Wildman–Crippen LogP) is 5.42. The molecule has 8 nitrogen and oxygen atoms in total. The van der Waals surface area contributed by atoms with Crippen LogP contribution in [0.1, 0.15) is 53.7 Å². The number of rotatable bonds is 10. The standard InChI is InChI=1S/C33H36N4O4/c1-4-17-36(5-2)18-16-29(38)37-19-15-23-20-25(12-14-28(23)37)34-31(22-9-7-6-8-10-22)30-26-13-11-24(33(40)41-3)21-27(26)35-32(30)39/h6-14,20-21,34H,4-5,15-19H2,1-3H3,(H,35,39)/b31-30-. The Hall–Kier alpha value is -4.43. The van der Waals surface area contributed by atoms with Gasteiger partial charge in [-0.25, -0.2) is 4.79 Å². The normalized spacial score (nSPS) is 14.9. The molecule has 2 N–H and O–H groups in total. The van der Waals surface area contributed by atoms with Crippen LogP contribution < -0.4 is 15.5 Å². The van der Waals surface area contributed by atoms with Crippen LogP contribution in [0.15, 0.2) is 66.7 Å². The third-order valence-electron chi connectivity index (χ3n) is 7.67. The molecule has 3 aromatic rings. The molecule has 2 heterocycles. The van der Waals surface area contributed by atoms with Gasteiger partial charge in [0, 0.05) is 36.4 Å². The summed E-state index contributed by atoms with van der Waals surface area (Å²) in [5, 5.41) is 6.41. The quantitative estimate of drug-likeness (QED) is 0.258. The van der Waals surface area contributed by atoms with Crippen molar-refractivity contribution in [1.29, 1.82) is 0 Å². The van der Waals surface area contributed by atoms with Gasteiger partial charge in [-0.3, -0.25) is 9.59 Å². The number of hydrogen-bond acceptors (Lipinski definition) is 6. The van der Waals surface area contributed by atoms with Gasteiger partial charge in [0.25, 0.3) is 5.91 Å². The summed E-state index contributed by atoms with van der Waals surface area (Å²) in [4.78, 5) is 42.7. The van der Waals surface area contributed by atoms with Crippen molar-refractivity contribution in [2.45, 2.75) is 33.1 Å². The van der Waals surface area contributed by atoms with Crippen molar-refractivity contribution in [2.75, 3.05) is 48.8 Å². The first-order valence-electron chi connectivity index (χ1n) is 14.2. The highest BCUT2D eigenvalue weighted by Crippen LogP contribution is 2.39. The van der Waals surface area contributed by atoms with Gasteiger partial charge >= 0.3 is 5.97 Å². The number of anilines is 3. The van der Waals surface area contributed by atoms with Gasteiger partial charge in [0.15, 0.2) is 0 Å². The average molecular weight is 553 g/mol. The van der Waals surface area contributed by atoms with Crippen molar-refractivity contribution in [3.63, 3.8) is 0 Å². The van der Waals surface area contributed by atoms with E-state index in [1.165, 1.54) is 7.11 Å². The SMILES string of the molecule is CCCN(CC)CCC(=O)N1CCc2cc(N/C(=C3\C(=O)Nc4cc(C(=O)OC)ccc43)c3ccccc3)ccc21. The van der Waals surface area contributed by atoms with Crippen LogP contribution in [0, 0.1) is 0 Å². The predicted molar refractivity (Wildman–Crippen MR) is 163 cm³/mol. The summed E-state index contributed by atoms with van der Waals surface area (Å²) in [6.45, 7) is 7.68. The first-order valence-corrected chi connectivity index (χ1v) is 14.2. The van der Waals surface area contributed by atoms with E-state index >= 15 is 0 Å². The first-order chi connectivity index (χ1) is 19.9. The minimum Gasteiger partial charge on any atom is -0.465 e. The Morgan fingerprint density at radius 2 is 1.80 bits per heavy atom. The molecule has 2 aliphatic heterocycles. The fraction of sp³-hybridized carbons (Fsp3) is 0.303. The summed E-state index contributed by atoms with van der Waals surface area (Å²) >= 11 is 0.